The molecule has 0 spiro atoms. The molecular weight excluding hydrogens is 345 g/mol. The van der Waals surface area contributed by atoms with Crippen molar-refractivity contribution >= 4 is 28.5 Å². The molecule has 2 heterocycles. The molecule has 1 fully saturated rings. The van der Waals surface area contributed by atoms with E-state index in [1.54, 1.807) is 18.0 Å². The van der Waals surface area contributed by atoms with Crippen LogP contribution >= 0.6 is 22.6 Å². The summed E-state index contributed by atoms with van der Waals surface area (Å²) in [6, 6.07) is -0.229. The monoisotopic (exact) mass is 363 g/mol. The van der Waals surface area contributed by atoms with Gasteiger partial charge in [0.2, 0.25) is 5.91 Å². The number of methoxy groups -OCH3 is 1. The highest BCUT2D eigenvalue weighted by Gasteiger charge is 2.26. The van der Waals surface area contributed by atoms with Crippen LogP contribution in [0, 0.1) is 3.57 Å². The van der Waals surface area contributed by atoms with Gasteiger partial charge in [0.05, 0.1) is 15.9 Å². The van der Waals surface area contributed by atoms with Gasteiger partial charge in [0.1, 0.15) is 6.04 Å². The molecular formula is C12H18IN3O2. The summed E-state index contributed by atoms with van der Waals surface area (Å²) in [6.45, 7) is 3.45. The molecule has 1 unspecified atom stereocenters. The summed E-state index contributed by atoms with van der Waals surface area (Å²) in [5, 5.41) is 4.20. The number of carbonyl (C=O) groups excluding carboxylic acids is 1. The fraction of sp³-hybridized carbons (Fsp3) is 0.667. The first-order chi connectivity index (χ1) is 8.61. The van der Waals surface area contributed by atoms with Crippen LogP contribution in [-0.4, -0.2) is 46.9 Å². The third kappa shape index (κ3) is 3.03. The molecule has 1 aliphatic heterocycles. The van der Waals surface area contributed by atoms with Crippen LogP contribution in [-0.2, 0) is 9.53 Å². The molecule has 0 saturated carbocycles. The van der Waals surface area contributed by atoms with Gasteiger partial charge in [0.15, 0.2) is 0 Å². The van der Waals surface area contributed by atoms with Crippen molar-refractivity contribution in [1.82, 2.24) is 14.7 Å². The van der Waals surface area contributed by atoms with Crippen LogP contribution in [0.15, 0.2) is 12.4 Å². The van der Waals surface area contributed by atoms with Crippen LogP contribution in [0.5, 0.6) is 0 Å². The smallest absolute Gasteiger partial charge is 0.247 e. The lowest BCUT2D eigenvalue weighted by Crippen LogP contribution is -2.43. The average Bonchev–Trinajstić information content (AvgIpc) is 2.84. The summed E-state index contributed by atoms with van der Waals surface area (Å²) in [7, 11) is 1.73. The van der Waals surface area contributed by atoms with Crippen molar-refractivity contribution in [2.75, 3.05) is 20.2 Å². The molecule has 18 heavy (non-hydrogen) atoms. The summed E-state index contributed by atoms with van der Waals surface area (Å²) in [5.74, 6) is 0.143. The first kappa shape index (κ1) is 13.8. The second-order valence-corrected chi connectivity index (χ2v) is 5.82. The van der Waals surface area contributed by atoms with E-state index >= 15 is 0 Å². The van der Waals surface area contributed by atoms with E-state index in [-0.39, 0.29) is 11.9 Å². The lowest BCUT2D eigenvalue weighted by molar-refractivity contribution is -0.136. The Balaban J connectivity index is 1.95. The number of hydrogen-bond donors (Lipinski definition) is 0. The van der Waals surface area contributed by atoms with Gasteiger partial charge in [-0.05, 0) is 42.4 Å². The van der Waals surface area contributed by atoms with Crippen molar-refractivity contribution < 1.29 is 9.53 Å². The minimum Gasteiger partial charge on any atom is -0.381 e. The molecule has 1 aromatic rings. The number of hydrogen-bond acceptors (Lipinski definition) is 3. The molecule has 0 aliphatic carbocycles. The number of nitrogens with zero attached hydrogens (tertiary/aromatic N) is 3. The van der Waals surface area contributed by atoms with Crippen LogP contribution < -0.4 is 0 Å². The minimum absolute atomic E-state index is 0.143. The molecule has 2 rings (SSSR count). The maximum Gasteiger partial charge on any atom is 0.247 e. The van der Waals surface area contributed by atoms with Gasteiger partial charge in [-0.1, -0.05) is 0 Å². The molecule has 1 saturated heterocycles. The van der Waals surface area contributed by atoms with Crippen LogP contribution in [0.2, 0.25) is 0 Å². The van der Waals surface area contributed by atoms with E-state index < -0.39 is 0 Å². The number of carbonyl (C=O) groups is 1. The van der Waals surface area contributed by atoms with E-state index in [4.69, 9.17) is 4.74 Å². The molecule has 6 heteroatoms. The average molecular weight is 363 g/mol. The van der Waals surface area contributed by atoms with Gasteiger partial charge >= 0.3 is 0 Å². The van der Waals surface area contributed by atoms with Crippen LogP contribution in [0.4, 0.5) is 0 Å². The molecule has 5 nitrogen and oxygen atoms in total. The number of halogens is 1. The fourth-order valence-electron chi connectivity index (χ4n) is 2.22. The number of piperidine rings is 1. The molecule has 1 amide bonds. The zero-order chi connectivity index (χ0) is 13.1. The normalized spacial score (nSPS) is 18.9. The Labute approximate surface area is 121 Å². The summed E-state index contributed by atoms with van der Waals surface area (Å²) < 4.78 is 8.09. The number of aromatic nitrogens is 2. The maximum atomic E-state index is 12.3. The van der Waals surface area contributed by atoms with Crippen molar-refractivity contribution in [2.24, 2.45) is 0 Å². The molecule has 0 radical (unpaired) electrons. The van der Waals surface area contributed by atoms with E-state index in [0.29, 0.717) is 6.10 Å². The van der Waals surface area contributed by atoms with Crippen molar-refractivity contribution in [2.45, 2.75) is 31.9 Å². The van der Waals surface area contributed by atoms with Crippen molar-refractivity contribution in [3.8, 4) is 0 Å². The van der Waals surface area contributed by atoms with Gasteiger partial charge in [0, 0.05) is 26.4 Å². The van der Waals surface area contributed by atoms with E-state index in [0.717, 1.165) is 29.5 Å². The predicted molar refractivity (Wildman–Crippen MR) is 76.3 cm³/mol. The Morgan fingerprint density at radius 3 is 2.72 bits per heavy atom. The molecule has 0 aromatic carbocycles. The Kier molecular flexibility index (Phi) is 4.60. The molecule has 0 bridgehead atoms. The second kappa shape index (κ2) is 6.01. The first-order valence-corrected chi connectivity index (χ1v) is 7.21. The summed E-state index contributed by atoms with van der Waals surface area (Å²) >= 11 is 2.19. The van der Waals surface area contributed by atoms with Gasteiger partial charge in [-0.25, -0.2) is 0 Å². The SMILES string of the molecule is COC1CCN(C(=O)C(C)n2cc(I)cn2)CC1. The number of ether oxygens (including phenoxy) is 1. The Morgan fingerprint density at radius 1 is 1.56 bits per heavy atom. The zero-order valence-corrected chi connectivity index (χ0v) is 12.8. The highest BCUT2D eigenvalue weighted by molar-refractivity contribution is 14.1. The van der Waals surface area contributed by atoms with Crippen LogP contribution in [0.3, 0.4) is 0 Å². The summed E-state index contributed by atoms with van der Waals surface area (Å²) in [5.41, 5.74) is 0. The predicted octanol–water partition coefficient (Wildman–Crippen LogP) is 1.69. The van der Waals surface area contributed by atoms with Gasteiger partial charge in [-0.2, -0.15) is 5.10 Å². The van der Waals surface area contributed by atoms with Gasteiger partial charge in [-0.15, -0.1) is 0 Å². The molecule has 1 atom stereocenters. The Bertz CT molecular complexity index is 413. The first-order valence-electron chi connectivity index (χ1n) is 6.13. The van der Waals surface area contributed by atoms with E-state index in [1.165, 1.54) is 0 Å². The summed E-state index contributed by atoms with van der Waals surface area (Å²) in [4.78, 5) is 14.2. The van der Waals surface area contributed by atoms with Crippen molar-refractivity contribution in [1.29, 1.82) is 0 Å². The second-order valence-electron chi connectivity index (χ2n) is 4.57. The van der Waals surface area contributed by atoms with Crippen molar-refractivity contribution in [3.05, 3.63) is 16.0 Å². The van der Waals surface area contributed by atoms with Gasteiger partial charge < -0.3 is 9.64 Å². The third-order valence-corrected chi connectivity index (χ3v) is 3.97. The zero-order valence-electron chi connectivity index (χ0n) is 10.7. The number of likely N-dealkylation sites (tertiary alicyclic amines) is 1. The van der Waals surface area contributed by atoms with Crippen LogP contribution in [0.1, 0.15) is 25.8 Å². The molecule has 1 aromatic heterocycles. The van der Waals surface area contributed by atoms with Gasteiger partial charge in [-0.3, -0.25) is 9.48 Å². The quantitative estimate of drug-likeness (QED) is 0.768. The fourth-order valence-corrected chi connectivity index (χ4v) is 2.63. The van der Waals surface area contributed by atoms with E-state index in [1.807, 2.05) is 18.0 Å². The standard InChI is InChI=1S/C12H18IN3O2/c1-9(16-8-10(13)7-14-16)12(17)15-5-3-11(18-2)4-6-15/h7-9,11H,3-6H2,1-2H3. The summed E-state index contributed by atoms with van der Waals surface area (Å²) in [6.07, 6.45) is 5.80. The minimum atomic E-state index is -0.229. The van der Waals surface area contributed by atoms with Crippen molar-refractivity contribution in [3.63, 3.8) is 0 Å². The highest BCUT2D eigenvalue weighted by atomic mass is 127. The molecule has 100 valence electrons. The topological polar surface area (TPSA) is 47.4 Å². The van der Waals surface area contributed by atoms with Gasteiger partial charge in [0.25, 0.3) is 0 Å². The van der Waals surface area contributed by atoms with Crippen LogP contribution in [0.25, 0.3) is 0 Å². The molecule has 1 aliphatic rings. The largest absolute Gasteiger partial charge is 0.381 e. The highest BCUT2D eigenvalue weighted by Crippen LogP contribution is 2.17. The lowest BCUT2D eigenvalue weighted by atomic mass is 10.1. The van der Waals surface area contributed by atoms with E-state index in [9.17, 15) is 4.79 Å². The Hall–Kier alpha value is -0.630. The third-order valence-electron chi connectivity index (χ3n) is 3.41. The lowest BCUT2D eigenvalue weighted by Gasteiger charge is -2.32. The Morgan fingerprint density at radius 2 is 2.22 bits per heavy atom. The molecule has 0 N–H and O–H groups in total. The maximum absolute atomic E-state index is 12.3. The number of amides is 1. The number of rotatable bonds is 3. The van der Waals surface area contributed by atoms with E-state index in [2.05, 4.69) is 27.7 Å².